The fraction of sp³-hybridized carbons (Fsp3) is 0.357. The third kappa shape index (κ3) is 5.18. The third-order valence-electron chi connectivity index (χ3n) is 6.21. The molecular formula is C28H30N4S2. The maximum atomic E-state index is 4.47. The highest BCUT2D eigenvalue weighted by Gasteiger charge is 2.10. The topological polar surface area (TPSA) is 51.6 Å². The highest BCUT2D eigenvalue weighted by Crippen LogP contribution is 2.32. The summed E-state index contributed by atoms with van der Waals surface area (Å²) < 4.78 is 0. The summed E-state index contributed by atoms with van der Waals surface area (Å²) in [4.78, 5) is 0. The Kier molecular flexibility index (Phi) is 7.26. The number of aryl methyl sites for hydroxylation is 2. The van der Waals surface area contributed by atoms with Crippen molar-refractivity contribution in [3.8, 4) is 21.1 Å². The van der Waals surface area contributed by atoms with Gasteiger partial charge in [-0.2, -0.15) is 0 Å². The number of aromatic nitrogens is 4. The SMILES string of the molecule is CCCCCc1nnc(-c2ccc3cc4ccc(-c5nnc(CCCCC)s5)cc4cc3c2)s1. The average molecular weight is 487 g/mol. The monoisotopic (exact) mass is 486 g/mol. The van der Waals surface area contributed by atoms with Gasteiger partial charge in [0.05, 0.1) is 0 Å². The maximum absolute atomic E-state index is 4.47. The summed E-state index contributed by atoms with van der Waals surface area (Å²) in [5.74, 6) is 0. The van der Waals surface area contributed by atoms with Gasteiger partial charge in [0.1, 0.15) is 20.0 Å². The molecule has 2 aromatic heterocycles. The molecule has 0 aliphatic carbocycles. The molecule has 0 N–H and O–H groups in total. The largest absolute Gasteiger partial charge is 0.147 e. The molecule has 3 aromatic carbocycles. The van der Waals surface area contributed by atoms with Gasteiger partial charge in [0.15, 0.2) is 0 Å². The van der Waals surface area contributed by atoms with Crippen molar-refractivity contribution in [2.45, 2.75) is 65.2 Å². The van der Waals surface area contributed by atoms with E-state index in [0.717, 1.165) is 44.0 Å². The second kappa shape index (κ2) is 10.7. The minimum atomic E-state index is 1.01. The van der Waals surface area contributed by atoms with Gasteiger partial charge >= 0.3 is 0 Å². The number of rotatable bonds is 10. The zero-order chi connectivity index (χ0) is 23.3. The smallest absolute Gasteiger partial charge is 0.143 e. The Labute approximate surface area is 209 Å². The fourth-order valence-electron chi connectivity index (χ4n) is 4.26. The van der Waals surface area contributed by atoms with Gasteiger partial charge in [0.2, 0.25) is 0 Å². The predicted octanol–water partition coefficient (Wildman–Crippen LogP) is 8.50. The molecule has 174 valence electrons. The molecule has 5 rings (SSSR count). The molecule has 0 unspecified atom stereocenters. The van der Waals surface area contributed by atoms with Crippen LogP contribution in [0.15, 0.2) is 48.5 Å². The second-order valence-electron chi connectivity index (χ2n) is 8.89. The molecule has 0 bridgehead atoms. The number of unbranched alkanes of at least 4 members (excludes halogenated alkanes) is 4. The molecule has 0 aliphatic heterocycles. The van der Waals surface area contributed by atoms with Crippen molar-refractivity contribution in [1.82, 2.24) is 20.4 Å². The number of fused-ring (bicyclic) bond motifs is 2. The molecule has 0 aliphatic rings. The van der Waals surface area contributed by atoms with Crippen molar-refractivity contribution in [3.63, 3.8) is 0 Å². The molecule has 0 radical (unpaired) electrons. The van der Waals surface area contributed by atoms with Gasteiger partial charge in [-0.15, -0.1) is 20.4 Å². The van der Waals surface area contributed by atoms with Crippen LogP contribution in [0.4, 0.5) is 0 Å². The van der Waals surface area contributed by atoms with Crippen LogP contribution in [0.1, 0.15) is 62.4 Å². The van der Waals surface area contributed by atoms with Gasteiger partial charge < -0.3 is 0 Å². The Morgan fingerprint density at radius 3 is 1.47 bits per heavy atom. The van der Waals surface area contributed by atoms with E-state index in [0.29, 0.717) is 0 Å². The highest BCUT2D eigenvalue weighted by molar-refractivity contribution is 7.15. The molecular weight excluding hydrogens is 456 g/mol. The Balaban J connectivity index is 1.41. The van der Waals surface area contributed by atoms with E-state index in [2.05, 4.69) is 82.8 Å². The first-order valence-corrected chi connectivity index (χ1v) is 14.0. The van der Waals surface area contributed by atoms with Crippen molar-refractivity contribution in [2.24, 2.45) is 0 Å². The molecule has 2 heterocycles. The zero-order valence-corrected chi connectivity index (χ0v) is 21.5. The number of nitrogens with zero attached hydrogens (tertiary/aromatic N) is 4. The summed E-state index contributed by atoms with van der Waals surface area (Å²) in [6.07, 6.45) is 9.37. The van der Waals surface area contributed by atoms with Crippen LogP contribution in [0.5, 0.6) is 0 Å². The van der Waals surface area contributed by atoms with E-state index in [1.54, 1.807) is 22.7 Å². The molecule has 0 amide bonds. The number of hydrogen-bond acceptors (Lipinski definition) is 6. The van der Waals surface area contributed by atoms with E-state index in [1.807, 2.05) is 0 Å². The van der Waals surface area contributed by atoms with Crippen LogP contribution in [0, 0.1) is 0 Å². The van der Waals surface area contributed by atoms with E-state index in [9.17, 15) is 0 Å². The third-order valence-corrected chi connectivity index (χ3v) is 8.28. The van der Waals surface area contributed by atoms with Crippen molar-refractivity contribution in [1.29, 1.82) is 0 Å². The van der Waals surface area contributed by atoms with Gasteiger partial charge in [-0.1, -0.05) is 86.5 Å². The number of benzene rings is 3. The van der Waals surface area contributed by atoms with E-state index < -0.39 is 0 Å². The molecule has 4 nitrogen and oxygen atoms in total. The van der Waals surface area contributed by atoms with Gasteiger partial charge in [0, 0.05) is 24.0 Å². The standard InChI is InChI=1S/C28H30N4S2/c1-3-5-7-9-25-29-31-27(33-25)21-13-11-19-15-20-12-14-22(17-24(20)18-23(19)16-21)28-32-30-26(34-28)10-8-6-4-2/h11-18H,3-10H2,1-2H3. The summed E-state index contributed by atoms with van der Waals surface area (Å²) >= 11 is 3.44. The second-order valence-corrected chi connectivity index (χ2v) is 11.0. The lowest BCUT2D eigenvalue weighted by molar-refractivity contribution is 0.710. The lowest BCUT2D eigenvalue weighted by atomic mass is 10.0. The van der Waals surface area contributed by atoms with E-state index >= 15 is 0 Å². The van der Waals surface area contributed by atoms with E-state index in [4.69, 9.17) is 0 Å². The van der Waals surface area contributed by atoms with Crippen molar-refractivity contribution >= 4 is 44.2 Å². The molecule has 0 fully saturated rings. The molecule has 0 spiro atoms. The lowest BCUT2D eigenvalue weighted by Crippen LogP contribution is -1.83. The minimum Gasteiger partial charge on any atom is -0.143 e. The van der Waals surface area contributed by atoms with Crippen molar-refractivity contribution in [2.75, 3.05) is 0 Å². The summed E-state index contributed by atoms with van der Waals surface area (Å²) in [6.45, 7) is 4.46. The normalized spacial score (nSPS) is 11.6. The predicted molar refractivity (Wildman–Crippen MR) is 146 cm³/mol. The summed E-state index contributed by atoms with van der Waals surface area (Å²) in [6, 6.07) is 17.8. The fourth-order valence-corrected chi connectivity index (χ4v) is 6.01. The Morgan fingerprint density at radius 2 is 1.00 bits per heavy atom. The van der Waals surface area contributed by atoms with Crippen LogP contribution in [-0.2, 0) is 12.8 Å². The van der Waals surface area contributed by atoms with Crippen LogP contribution in [-0.4, -0.2) is 20.4 Å². The van der Waals surface area contributed by atoms with E-state index in [1.165, 1.54) is 60.1 Å². The lowest BCUT2D eigenvalue weighted by Gasteiger charge is -2.06. The first-order valence-electron chi connectivity index (χ1n) is 12.4. The maximum Gasteiger partial charge on any atom is 0.147 e. The van der Waals surface area contributed by atoms with Crippen LogP contribution in [0.2, 0.25) is 0 Å². The Morgan fingerprint density at radius 1 is 0.529 bits per heavy atom. The zero-order valence-electron chi connectivity index (χ0n) is 19.9. The van der Waals surface area contributed by atoms with Gasteiger partial charge in [0.25, 0.3) is 0 Å². The molecule has 34 heavy (non-hydrogen) atoms. The average Bonchev–Trinajstić information content (AvgIpc) is 3.53. The van der Waals surface area contributed by atoms with Crippen molar-refractivity contribution in [3.05, 3.63) is 58.5 Å². The van der Waals surface area contributed by atoms with Crippen LogP contribution in [0.3, 0.4) is 0 Å². The molecule has 6 heteroatoms. The van der Waals surface area contributed by atoms with E-state index in [-0.39, 0.29) is 0 Å². The van der Waals surface area contributed by atoms with Gasteiger partial charge in [-0.3, -0.25) is 0 Å². The summed E-state index contributed by atoms with van der Waals surface area (Å²) in [5, 5.41) is 27.0. The van der Waals surface area contributed by atoms with Gasteiger partial charge in [-0.25, -0.2) is 0 Å². The minimum absolute atomic E-state index is 1.01. The molecule has 0 saturated carbocycles. The molecule has 5 aromatic rings. The highest BCUT2D eigenvalue weighted by atomic mass is 32.1. The first kappa shape index (κ1) is 23.1. The van der Waals surface area contributed by atoms with Crippen LogP contribution in [0.25, 0.3) is 42.7 Å². The Bertz CT molecular complexity index is 1300. The van der Waals surface area contributed by atoms with Crippen molar-refractivity contribution < 1.29 is 0 Å². The summed E-state index contributed by atoms with van der Waals surface area (Å²) in [5.41, 5.74) is 2.28. The molecule has 0 saturated heterocycles. The van der Waals surface area contributed by atoms with Crippen LogP contribution < -0.4 is 0 Å². The molecule has 0 atom stereocenters. The van der Waals surface area contributed by atoms with Gasteiger partial charge in [-0.05, 0) is 58.7 Å². The Hall–Kier alpha value is -2.70. The number of hydrogen-bond donors (Lipinski definition) is 0. The quantitative estimate of drug-likeness (QED) is 0.147. The summed E-state index contributed by atoms with van der Waals surface area (Å²) in [7, 11) is 0. The first-order chi connectivity index (χ1) is 16.7. The van der Waals surface area contributed by atoms with Crippen LogP contribution >= 0.6 is 22.7 Å².